The first-order valence-corrected chi connectivity index (χ1v) is 6.39. The van der Waals surface area contributed by atoms with Crippen LogP contribution in [0.2, 0.25) is 0 Å². The van der Waals surface area contributed by atoms with Gasteiger partial charge in [-0.1, -0.05) is 0 Å². The molecule has 0 aliphatic rings. The van der Waals surface area contributed by atoms with E-state index in [0.29, 0.717) is 0 Å². The third-order valence-electron chi connectivity index (χ3n) is 2.19. The van der Waals surface area contributed by atoms with Gasteiger partial charge in [0, 0.05) is 0 Å². The van der Waals surface area contributed by atoms with Gasteiger partial charge in [0.15, 0.2) is 0 Å². The molecule has 1 rings (SSSR count). The van der Waals surface area contributed by atoms with E-state index in [-0.39, 0.29) is 10.5 Å². The maximum Gasteiger partial charge on any atom is 0.241 e. The van der Waals surface area contributed by atoms with Crippen LogP contribution < -0.4 is 4.72 Å². The van der Waals surface area contributed by atoms with Gasteiger partial charge in [0.2, 0.25) is 10.0 Å². The van der Waals surface area contributed by atoms with Crippen LogP contribution in [-0.2, 0) is 10.0 Å². The molecule has 5 nitrogen and oxygen atoms in total. The van der Waals surface area contributed by atoms with Crippen LogP contribution in [0.3, 0.4) is 0 Å². The third-order valence-corrected chi connectivity index (χ3v) is 3.87. The molecule has 0 aliphatic carbocycles. The minimum atomic E-state index is -3.87. The van der Waals surface area contributed by atoms with Crippen molar-refractivity contribution in [1.29, 1.82) is 0 Å². The molecule has 0 saturated carbocycles. The molecular weight excluding hydrogens is 249 g/mol. The summed E-state index contributed by atoms with van der Waals surface area (Å²) in [5.41, 5.74) is 0.257. The van der Waals surface area contributed by atoms with Crippen molar-refractivity contribution < 1.29 is 23.0 Å². The van der Waals surface area contributed by atoms with Gasteiger partial charge in [-0.3, -0.25) is 0 Å². The molecule has 96 valence electrons. The average Bonchev–Trinajstić information content (AvgIpc) is 2.25. The zero-order valence-electron chi connectivity index (χ0n) is 9.22. The lowest BCUT2D eigenvalue weighted by Crippen LogP contribution is -2.40. The predicted octanol–water partition coefficient (Wildman–Crippen LogP) is -0.234. The van der Waals surface area contributed by atoms with Crippen molar-refractivity contribution in [3.05, 3.63) is 29.6 Å². The lowest BCUT2D eigenvalue weighted by atomic mass is 10.2. The number of aliphatic hydroxyl groups is 2. The highest BCUT2D eigenvalue weighted by atomic mass is 32.2. The molecule has 17 heavy (non-hydrogen) atoms. The molecule has 0 aromatic heterocycles. The van der Waals surface area contributed by atoms with Crippen LogP contribution in [0.25, 0.3) is 0 Å². The lowest BCUT2D eigenvalue weighted by molar-refractivity contribution is 0.185. The third kappa shape index (κ3) is 3.47. The summed E-state index contributed by atoms with van der Waals surface area (Å²) in [5, 5.41) is 17.6. The van der Waals surface area contributed by atoms with E-state index in [1.54, 1.807) is 0 Å². The van der Waals surface area contributed by atoms with Gasteiger partial charge in [0.05, 0.1) is 24.2 Å². The Morgan fingerprint density at radius 1 is 1.35 bits per heavy atom. The monoisotopic (exact) mass is 263 g/mol. The van der Waals surface area contributed by atoms with E-state index in [1.807, 2.05) is 0 Å². The molecule has 1 aromatic rings. The summed E-state index contributed by atoms with van der Waals surface area (Å²) in [7, 11) is -3.87. The molecule has 0 heterocycles. The van der Waals surface area contributed by atoms with Crippen LogP contribution in [0.15, 0.2) is 23.1 Å². The fourth-order valence-corrected chi connectivity index (χ4v) is 2.77. The average molecular weight is 263 g/mol. The summed E-state index contributed by atoms with van der Waals surface area (Å²) in [6, 6.07) is 2.30. The Hall–Kier alpha value is -1.02. The minimum absolute atomic E-state index is 0.0780. The van der Waals surface area contributed by atoms with Gasteiger partial charge in [0.25, 0.3) is 0 Å². The summed E-state index contributed by atoms with van der Waals surface area (Å²) in [5.74, 6) is -0.526. The SMILES string of the molecule is Cc1cc(F)ccc1S(=O)(=O)NC(CO)CO. The number of aliphatic hydroxyl groups excluding tert-OH is 2. The summed E-state index contributed by atoms with van der Waals surface area (Å²) >= 11 is 0. The van der Waals surface area contributed by atoms with Crippen LogP contribution in [0.4, 0.5) is 4.39 Å². The molecule has 0 aliphatic heterocycles. The van der Waals surface area contributed by atoms with E-state index in [9.17, 15) is 12.8 Å². The zero-order valence-corrected chi connectivity index (χ0v) is 10.0. The van der Waals surface area contributed by atoms with Gasteiger partial charge in [-0.15, -0.1) is 0 Å². The highest BCUT2D eigenvalue weighted by Gasteiger charge is 2.21. The fourth-order valence-electron chi connectivity index (χ4n) is 1.33. The number of rotatable bonds is 5. The van der Waals surface area contributed by atoms with Crippen LogP contribution in [0.1, 0.15) is 5.56 Å². The highest BCUT2D eigenvalue weighted by Crippen LogP contribution is 2.16. The van der Waals surface area contributed by atoms with Crippen molar-refractivity contribution in [3.8, 4) is 0 Å². The molecule has 0 radical (unpaired) electrons. The second kappa shape index (κ2) is 5.54. The summed E-state index contributed by atoms with van der Waals surface area (Å²) in [4.78, 5) is -0.0780. The molecule has 0 spiro atoms. The molecule has 0 saturated heterocycles. The summed E-state index contributed by atoms with van der Waals surface area (Å²) < 4.78 is 38.6. The van der Waals surface area contributed by atoms with Crippen LogP contribution >= 0.6 is 0 Å². The van der Waals surface area contributed by atoms with Crippen molar-refractivity contribution in [2.75, 3.05) is 13.2 Å². The smallest absolute Gasteiger partial charge is 0.241 e. The maximum absolute atomic E-state index is 12.8. The van der Waals surface area contributed by atoms with Gasteiger partial charge < -0.3 is 10.2 Å². The van der Waals surface area contributed by atoms with E-state index in [2.05, 4.69) is 4.72 Å². The molecule has 0 bridgehead atoms. The highest BCUT2D eigenvalue weighted by molar-refractivity contribution is 7.89. The number of sulfonamides is 1. The number of hydrogen-bond acceptors (Lipinski definition) is 4. The number of hydrogen-bond donors (Lipinski definition) is 3. The van der Waals surface area contributed by atoms with E-state index in [4.69, 9.17) is 10.2 Å². The van der Waals surface area contributed by atoms with Crippen LogP contribution in [0.5, 0.6) is 0 Å². The molecular formula is C10H14FNO4S. The van der Waals surface area contributed by atoms with Crippen LogP contribution in [-0.4, -0.2) is 37.9 Å². The molecule has 0 amide bonds. The number of aryl methyl sites for hydroxylation is 1. The van der Waals surface area contributed by atoms with Crippen molar-refractivity contribution in [2.24, 2.45) is 0 Å². The van der Waals surface area contributed by atoms with Gasteiger partial charge >= 0.3 is 0 Å². The van der Waals surface area contributed by atoms with Gasteiger partial charge in [-0.2, -0.15) is 0 Å². The Balaban J connectivity index is 3.05. The summed E-state index contributed by atoms with van der Waals surface area (Å²) in [6.07, 6.45) is 0. The Morgan fingerprint density at radius 3 is 2.41 bits per heavy atom. The van der Waals surface area contributed by atoms with Gasteiger partial charge in [-0.05, 0) is 30.7 Å². The first kappa shape index (κ1) is 14.0. The Bertz CT molecular complexity index is 485. The van der Waals surface area contributed by atoms with Crippen molar-refractivity contribution >= 4 is 10.0 Å². The summed E-state index contributed by atoms with van der Waals surface area (Å²) in [6.45, 7) is 0.427. The molecule has 3 N–H and O–H groups in total. The molecule has 1 aromatic carbocycles. The van der Waals surface area contributed by atoms with Gasteiger partial charge in [-0.25, -0.2) is 17.5 Å². The largest absolute Gasteiger partial charge is 0.395 e. The van der Waals surface area contributed by atoms with E-state index < -0.39 is 35.1 Å². The second-order valence-corrected chi connectivity index (χ2v) is 5.28. The molecule has 0 unspecified atom stereocenters. The standard InChI is InChI=1S/C10H14FNO4S/c1-7-4-8(11)2-3-10(7)17(15,16)12-9(5-13)6-14/h2-4,9,12-14H,5-6H2,1H3. The fraction of sp³-hybridized carbons (Fsp3) is 0.400. The zero-order chi connectivity index (χ0) is 13.1. The maximum atomic E-state index is 12.8. The van der Waals surface area contributed by atoms with Crippen molar-refractivity contribution in [3.63, 3.8) is 0 Å². The predicted molar refractivity (Wildman–Crippen MR) is 59.4 cm³/mol. The lowest BCUT2D eigenvalue weighted by Gasteiger charge is -2.14. The number of nitrogens with one attached hydrogen (secondary N) is 1. The number of halogens is 1. The Kier molecular flexibility index (Phi) is 4.58. The first-order valence-electron chi connectivity index (χ1n) is 4.91. The van der Waals surface area contributed by atoms with E-state index in [1.165, 1.54) is 6.92 Å². The minimum Gasteiger partial charge on any atom is -0.395 e. The Morgan fingerprint density at radius 2 is 1.94 bits per heavy atom. The normalized spacial score (nSPS) is 12.1. The molecule has 0 atom stereocenters. The van der Waals surface area contributed by atoms with Gasteiger partial charge in [0.1, 0.15) is 5.82 Å². The van der Waals surface area contributed by atoms with Crippen LogP contribution in [0, 0.1) is 12.7 Å². The number of benzene rings is 1. The second-order valence-electron chi connectivity index (χ2n) is 3.59. The Labute approximate surface area is 99.0 Å². The quantitative estimate of drug-likeness (QED) is 0.684. The van der Waals surface area contributed by atoms with E-state index >= 15 is 0 Å². The molecule has 7 heteroatoms. The first-order chi connectivity index (χ1) is 7.90. The molecule has 0 fully saturated rings. The van der Waals surface area contributed by atoms with Crippen molar-refractivity contribution in [2.45, 2.75) is 17.9 Å². The van der Waals surface area contributed by atoms with Crippen molar-refractivity contribution in [1.82, 2.24) is 4.72 Å². The van der Waals surface area contributed by atoms with E-state index in [0.717, 1.165) is 18.2 Å². The topological polar surface area (TPSA) is 86.6 Å².